The van der Waals surface area contributed by atoms with Gasteiger partial charge in [0.2, 0.25) is 0 Å². The molecule has 0 spiro atoms. The normalized spacial score (nSPS) is 15.4. The van der Waals surface area contributed by atoms with Crippen molar-refractivity contribution in [1.29, 1.82) is 0 Å². The molecular formula is C50H70CaN4O6S2. The zero-order chi connectivity index (χ0) is 44.2. The summed E-state index contributed by atoms with van der Waals surface area (Å²) < 4.78 is 70.7. The Morgan fingerprint density at radius 3 is 1.08 bits per heavy atom. The minimum absolute atomic E-state index is 0. The van der Waals surface area contributed by atoms with E-state index in [-0.39, 0.29) is 59.9 Å². The zero-order valence-corrected chi connectivity index (χ0v) is 41.7. The summed E-state index contributed by atoms with van der Waals surface area (Å²) in [5.41, 5.74) is 4.81. The van der Waals surface area contributed by atoms with Crippen LogP contribution in [0.2, 0.25) is 0 Å². The van der Waals surface area contributed by atoms with E-state index in [1.807, 2.05) is 48.5 Å². The quantitative estimate of drug-likeness (QED) is 0.0355. The molecule has 0 fully saturated rings. The van der Waals surface area contributed by atoms with Crippen LogP contribution in [0.25, 0.3) is 0 Å². The number of hydrogen-bond acceptors (Lipinski definition) is 10. The molecule has 63 heavy (non-hydrogen) atoms. The molecule has 0 saturated heterocycles. The van der Waals surface area contributed by atoms with Gasteiger partial charge in [0.05, 0.1) is 44.9 Å². The van der Waals surface area contributed by atoms with Gasteiger partial charge in [0.15, 0.2) is 0 Å². The maximum atomic E-state index is 11.8. The van der Waals surface area contributed by atoms with Crippen LogP contribution in [0.4, 0.5) is 22.7 Å². The molecule has 340 valence electrons. The number of para-hydroxylation sites is 2. The third-order valence-electron chi connectivity index (χ3n) is 12.1. The van der Waals surface area contributed by atoms with Crippen LogP contribution in [0, 0.1) is 0 Å². The molecule has 6 rings (SSSR count). The van der Waals surface area contributed by atoms with Gasteiger partial charge in [-0.15, -0.1) is 0 Å². The fourth-order valence-electron chi connectivity index (χ4n) is 8.75. The van der Waals surface area contributed by atoms with Crippen molar-refractivity contribution in [3.63, 3.8) is 0 Å². The van der Waals surface area contributed by atoms with Gasteiger partial charge in [-0.3, -0.25) is 0 Å². The Balaban J connectivity index is 0.000000272. The molecule has 2 aliphatic heterocycles. The summed E-state index contributed by atoms with van der Waals surface area (Å²) >= 11 is 0. The van der Waals surface area contributed by atoms with E-state index in [0.717, 1.165) is 48.2 Å². The summed E-state index contributed by atoms with van der Waals surface area (Å²) in [5.74, 6) is 0. The largest absolute Gasteiger partial charge is 2.00 e. The maximum absolute atomic E-state index is 11.8. The summed E-state index contributed by atoms with van der Waals surface area (Å²) in [7, 11) is -9.06. The molecule has 13 heteroatoms. The molecular weight excluding hydrogens is 857 g/mol. The number of anilines is 4. The minimum atomic E-state index is -4.53. The molecule has 4 aromatic carbocycles. The van der Waals surface area contributed by atoms with Gasteiger partial charge in [0, 0.05) is 13.1 Å². The molecule has 0 aromatic heterocycles. The molecule has 2 aliphatic rings. The second-order valence-electron chi connectivity index (χ2n) is 17.0. The van der Waals surface area contributed by atoms with E-state index < -0.39 is 20.2 Å². The number of nitrogens with one attached hydrogen (secondary N) is 2. The van der Waals surface area contributed by atoms with Gasteiger partial charge in [-0.25, -0.2) is 16.8 Å². The van der Waals surface area contributed by atoms with Crippen LogP contribution in [0.3, 0.4) is 0 Å². The molecule has 4 aromatic rings. The van der Waals surface area contributed by atoms with E-state index in [1.165, 1.54) is 115 Å². The van der Waals surface area contributed by atoms with Gasteiger partial charge in [-0.05, 0) is 61.1 Å². The topological polar surface area (TPSA) is 145 Å². The third kappa shape index (κ3) is 16.8. The van der Waals surface area contributed by atoms with Crippen molar-refractivity contribution in [2.24, 2.45) is 0 Å². The Morgan fingerprint density at radius 1 is 0.444 bits per heavy atom. The monoisotopic (exact) mass is 926 g/mol. The molecule has 0 radical (unpaired) electrons. The number of fused-ring (bicyclic) bond motifs is 2. The van der Waals surface area contributed by atoms with E-state index >= 15 is 0 Å². The van der Waals surface area contributed by atoms with E-state index in [2.05, 4.69) is 58.5 Å². The van der Waals surface area contributed by atoms with Gasteiger partial charge in [-0.1, -0.05) is 189 Å². The first-order valence-corrected chi connectivity index (χ1v) is 26.1. The standard InChI is InChI=1S/2C25H36N2O3S.Ca/c2*1-2-3-4-5-6-7-8-9-13-19-24-26-25-22(17-14-18-23(25)31(28,29)30)27(24)20-21-15-11-10-12-16-21;/h2*10-12,14-18,24,26H,2-9,13,19-20H2,1H3,(H,28,29,30);/q;;+2/p-2. The molecule has 10 nitrogen and oxygen atoms in total. The summed E-state index contributed by atoms with van der Waals surface area (Å²) in [6, 6.07) is 30.2. The van der Waals surface area contributed by atoms with E-state index in [1.54, 1.807) is 12.1 Å². The molecule has 2 unspecified atom stereocenters. The smallest absolute Gasteiger partial charge is 0.744 e. The Bertz CT molecular complexity index is 1990. The molecule has 2 heterocycles. The van der Waals surface area contributed by atoms with Gasteiger partial charge in [0.25, 0.3) is 0 Å². The van der Waals surface area contributed by atoms with Crippen molar-refractivity contribution < 1.29 is 25.9 Å². The fraction of sp³-hybridized carbons (Fsp3) is 0.520. The average Bonchev–Trinajstić information content (AvgIpc) is 3.79. The van der Waals surface area contributed by atoms with Gasteiger partial charge < -0.3 is 29.5 Å². The SMILES string of the molecule is CCCCCCCCCCCC1Nc2c(cccc2S(=O)(=O)[O-])N1Cc1ccccc1.CCCCCCCCCCCC1Nc2c(cccc2S(=O)(=O)[O-])N1Cc1ccccc1.[Ca+2]. The number of benzene rings is 4. The number of hydrogen-bond donors (Lipinski definition) is 2. The van der Waals surface area contributed by atoms with Gasteiger partial charge >= 0.3 is 37.7 Å². The van der Waals surface area contributed by atoms with Crippen LogP contribution in [0.1, 0.15) is 153 Å². The third-order valence-corrected chi connectivity index (χ3v) is 13.9. The van der Waals surface area contributed by atoms with Gasteiger partial charge in [-0.2, -0.15) is 0 Å². The average molecular weight is 927 g/mol. The first-order chi connectivity index (χ1) is 30.0. The fourth-order valence-corrected chi connectivity index (χ4v) is 10.1. The van der Waals surface area contributed by atoms with Crippen molar-refractivity contribution in [3.8, 4) is 0 Å². The van der Waals surface area contributed by atoms with E-state index in [0.29, 0.717) is 24.5 Å². The predicted octanol–water partition coefficient (Wildman–Crippen LogP) is 12.2. The van der Waals surface area contributed by atoms with E-state index in [4.69, 9.17) is 0 Å². The molecule has 2 N–H and O–H groups in total. The number of unbranched alkanes of at least 4 members (excludes halogenated alkanes) is 16. The van der Waals surface area contributed by atoms with Crippen molar-refractivity contribution >= 4 is 80.7 Å². The van der Waals surface area contributed by atoms with Crippen molar-refractivity contribution in [3.05, 3.63) is 108 Å². The van der Waals surface area contributed by atoms with Crippen LogP contribution in [-0.2, 0) is 33.3 Å². The Hall–Kier alpha value is -2.84. The second-order valence-corrected chi connectivity index (χ2v) is 19.7. The van der Waals surface area contributed by atoms with Crippen molar-refractivity contribution in [2.45, 2.75) is 177 Å². The Kier molecular flexibility index (Phi) is 23.1. The summed E-state index contributed by atoms with van der Waals surface area (Å²) in [4.78, 5) is 4.09. The van der Waals surface area contributed by atoms with Gasteiger partial charge in [0.1, 0.15) is 20.2 Å². The van der Waals surface area contributed by atoms with Crippen LogP contribution in [-0.4, -0.2) is 76.0 Å². The molecule has 0 saturated carbocycles. The second kappa shape index (κ2) is 27.6. The van der Waals surface area contributed by atoms with Crippen molar-refractivity contribution in [2.75, 3.05) is 20.4 Å². The van der Waals surface area contributed by atoms with Crippen LogP contribution >= 0.6 is 0 Å². The first-order valence-electron chi connectivity index (χ1n) is 23.3. The minimum Gasteiger partial charge on any atom is -0.744 e. The zero-order valence-electron chi connectivity index (χ0n) is 37.8. The Labute approximate surface area is 409 Å². The van der Waals surface area contributed by atoms with E-state index in [9.17, 15) is 25.9 Å². The Morgan fingerprint density at radius 2 is 0.762 bits per heavy atom. The first kappa shape index (κ1) is 52.8. The predicted molar refractivity (Wildman–Crippen MR) is 258 cm³/mol. The molecule has 0 aliphatic carbocycles. The van der Waals surface area contributed by atoms with Crippen LogP contribution in [0.15, 0.2) is 107 Å². The van der Waals surface area contributed by atoms with Crippen molar-refractivity contribution in [1.82, 2.24) is 0 Å². The summed E-state index contributed by atoms with van der Waals surface area (Å²) in [6.45, 7) is 5.83. The molecule has 0 amide bonds. The molecule has 0 bridgehead atoms. The molecule has 2 atom stereocenters. The van der Waals surface area contributed by atoms with Crippen LogP contribution in [0.5, 0.6) is 0 Å². The summed E-state index contributed by atoms with van der Waals surface area (Å²) in [5, 5.41) is 6.70. The maximum Gasteiger partial charge on any atom is 2.00 e. The van der Waals surface area contributed by atoms with Crippen LogP contribution < -0.4 is 20.4 Å². The number of nitrogens with zero attached hydrogens (tertiary/aromatic N) is 2. The summed E-state index contributed by atoms with van der Waals surface area (Å²) in [6.07, 6.45) is 24.6. The number of rotatable bonds is 26.